The Kier molecular flexibility index (Phi) is 8.03. The first-order valence-electron chi connectivity index (χ1n) is 10.5. The summed E-state index contributed by atoms with van der Waals surface area (Å²) < 4.78 is 37.8. The second-order valence-electron chi connectivity index (χ2n) is 7.40. The molecule has 0 unspecified atom stereocenters. The minimum absolute atomic E-state index is 0.0898. The molecule has 1 aliphatic heterocycles. The number of hydrogen-bond acceptors (Lipinski definition) is 6. The van der Waals surface area contributed by atoms with E-state index in [2.05, 4.69) is 0 Å². The molecule has 2 aromatic carbocycles. The van der Waals surface area contributed by atoms with Gasteiger partial charge in [0.05, 0.1) is 12.0 Å². The average molecular weight is 455 g/mol. The molecule has 1 heterocycles. The molecule has 0 radical (unpaired) electrons. The van der Waals surface area contributed by atoms with Crippen LogP contribution in [0.4, 0.5) is 0 Å². The Bertz CT molecular complexity index is 1110. The van der Waals surface area contributed by atoms with Crippen LogP contribution < -0.4 is 9.47 Å². The largest absolute Gasteiger partial charge is 0.493 e. The van der Waals surface area contributed by atoms with Gasteiger partial charge in [-0.1, -0.05) is 25.0 Å². The number of carbonyl (C=O) groups is 1. The van der Waals surface area contributed by atoms with Gasteiger partial charge in [0, 0.05) is 18.7 Å². The van der Waals surface area contributed by atoms with E-state index in [1.807, 2.05) is 6.07 Å². The van der Waals surface area contributed by atoms with Crippen molar-refractivity contribution >= 4 is 21.9 Å². The fraction of sp³-hybridized carbons (Fsp3) is 0.333. The number of hydrogen-bond donors (Lipinski definition) is 0. The third-order valence-corrected chi connectivity index (χ3v) is 7.16. The molecule has 0 aliphatic carbocycles. The summed E-state index contributed by atoms with van der Waals surface area (Å²) in [5, 5.41) is 8.64. The molecular formula is C24H26N2O5S. The summed E-state index contributed by atoms with van der Waals surface area (Å²) in [7, 11) is -2.05. The van der Waals surface area contributed by atoms with Gasteiger partial charge in [-0.3, -0.25) is 4.79 Å². The van der Waals surface area contributed by atoms with E-state index in [0.29, 0.717) is 30.2 Å². The number of nitriles is 1. The molecule has 0 aromatic heterocycles. The van der Waals surface area contributed by atoms with Crippen LogP contribution in [-0.4, -0.2) is 45.3 Å². The van der Waals surface area contributed by atoms with Crippen molar-refractivity contribution < 1.29 is 22.7 Å². The van der Waals surface area contributed by atoms with Gasteiger partial charge in [-0.25, -0.2) is 8.42 Å². The maximum Gasteiger partial charge on any atom is 0.243 e. The van der Waals surface area contributed by atoms with Gasteiger partial charge in [-0.15, -0.1) is 0 Å². The van der Waals surface area contributed by atoms with Crippen LogP contribution in [-0.2, 0) is 10.0 Å². The molecule has 0 spiro atoms. The summed E-state index contributed by atoms with van der Waals surface area (Å²) >= 11 is 0. The van der Waals surface area contributed by atoms with E-state index >= 15 is 0 Å². The monoisotopic (exact) mass is 454 g/mol. The highest BCUT2D eigenvalue weighted by Crippen LogP contribution is 2.28. The zero-order chi connectivity index (χ0) is 23.0. The van der Waals surface area contributed by atoms with E-state index in [9.17, 15) is 13.2 Å². The van der Waals surface area contributed by atoms with Crippen molar-refractivity contribution in [3.05, 3.63) is 59.7 Å². The maximum absolute atomic E-state index is 12.9. The van der Waals surface area contributed by atoms with Crippen LogP contribution in [0.25, 0.3) is 6.08 Å². The van der Waals surface area contributed by atoms with Crippen LogP contribution in [0.15, 0.2) is 53.4 Å². The molecule has 0 bridgehead atoms. The van der Waals surface area contributed by atoms with E-state index < -0.39 is 10.0 Å². The van der Waals surface area contributed by atoms with Gasteiger partial charge in [-0.2, -0.15) is 9.57 Å². The first kappa shape index (κ1) is 23.5. The smallest absolute Gasteiger partial charge is 0.243 e. The number of sulfonamides is 1. The highest BCUT2D eigenvalue weighted by Gasteiger charge is 2.25. The molecule has 1 fully saturated rings. The Hall–Kier alpha value is -3.15. The predicted molar refractivity (Wildman–Crippen MR) is 121 cm³/mol. The van der Waals surface area contributed by atoms with Crippen LogP contribution in [0.5, 0.6) is 11.5 Å². The van der Waals surface area contributed by atoms with E-state index in [1.54, 1.807) is 24.3 Å². The van der Waals surface area contributed by atoms with Crippen molar-refractivity contribution in [1.29, 1.82) is 5.26 Å². The molecular weight excluding hydrogens is 428 g/mol. The van der Waals surface area contributed by atoms with Crippen molar-refractivity contribution in [2.75, 3.05) is 26.8 Å². The molecule has 1 aliphatic rings. The molecule has 7 nitrogen and oxygen atoms in total. The standard InChI is InChI=1S/C24H26N2O5S/c1-30-24-18-19(7-13-23(24)31-17-14-25)6-12-22(27)20-8-10-21(11-9-20)32(28,29)26-15-4-2-3-5-16-26/h6-13,18H,2-5,15-17H2,1H3/b12-6+. The van der Waals surface area contributed by atoms with Gasteiger partial charge >= 0.3 is 0 Å². The first-order chi connectivity index (χ1) is 15.5. The predicted octanol–water partition coefficient (Wildman–Crippen LogP) is 4.06. The Balaban J connectivity index is 1.71. The lowest BCUT2D eigenvalue weighted by Crippen LogP contribution is -2.31. The van der Waals surface area contributed by atoms with Crippen LogP contribution in [0.2, 0.25) is 0 Å². The lowest BCUT2D eigenvalue weighted by molar-refractivity contribution is 0.104. The van der Waals surface area contributed by atoms with Crippen LogP contribution in [0.3, 0.4) is 0 Å². The molecule has 0 N–H and O–H groups in total. The van der Waals surface area contributed by atoms with Crippen molar-refractivity contribution in [3.63, 3.8) is 0 Å². The zero-order valence-electron chi connectivity index (χ0n) is 18.0. The fourth-order valence-electron chi connectivity index (χ4n) is 3.51. The Morgan fingerprint density at radius 1 is 1.06 bits per heavy atom. The quantitative estimate of drug-likeness (QED) is 0.441. The van der Waals surface area contributed by atoms with E-state index in [4.69, 9.17) is 14.7 Å². The van der Waals surface area contributed by atoms with Gasteiger partial charge in [0.1, 0.15) is 6.07 Å². The van der Waals surface area contributed by atoms with Crippen molar-refractivity contribution in [2.45, 2.75) is 30.6 Å². The van der Waals surface area contributed by atoms with Crippen LogP contribution in [0.1, 0.15) is 41.6 Å². The number of benzene rings is 2. The molecule has 0 atom stereocenters. The van der Waals surface area contributed by atoms with E-state index in [0.717, 1.165) is 31.2 Å². The second kappa shape index (κ2) is 10.9. The number of allylic oxidation sites excluding steroid dienone is 1. The zero-order valence-corrected chi connectivity index (χ0v) is 18.8. The Morgan fingerprint density at radius 3 is 2.38 bits per heavy atom. The fourth-order valence-corrected chi connectivity index (χ4v) is 5.02. The summed E-state index contributed by atoms with van der Waals surface area (Å²) in [6, 6.07) is 13.1. The minimum Gasteiger partial charge on any atom is -0.493 e. The summed E-state index contributed by atoms with van der Waals surface area (Å²) in [5.74, 6) is 0.657. The molecule has 8 heteroatoms. The van der Waals surface area contributed by atoms with Crippen molar-refractivity contribution in [1.82, 2.24) is 4.31 Å². The third-order valence-electron chi connectivity index (χ3n) is 5.25. The lowest BCUT2D eigenvalue weighted by Gasteiger charge is -2.19. The van der Waals surface area contributed by atoms with Crippen LogP contribution in [0, 0.1) is 11.3 Å². The number of nitrogens with zero attached hydrogens (tertiary/aromatic N) is 2. The number of methoxy groups -OCH3 is 1. The molecule has 3 rings (SSSR count). The Morgan fingerprint density at radius 2 is 1.75 bits per heavy atom. The number of rotatable bonds is 8. The number of ether oxygens (including phenoxy) is 2. The Labute approximate surface area is 188 Å². The van der Waals surface area contributed by atoms with E-state index in [1.165, 1.54) is 41.8 Å². The van der Waals surface area contributed by atoms with Gasteiger partial charge in [0.15, 0.2) is 23.9 Å². The summed E-state index contributed by atoms with van der Waals surface area (Å²) in [4.78, 5) is 12.8. The van der Waals surface area contributed by atoms with Gasteiger partial charge in [-0.05, 0) is 60.9 Å². The van der Waals surface area contributed by atoms with Gasteiger partial charge in [0.2, 0.25) is 10.0 Å². The maximum atomic E-state index is 12.9. The summed E-state index contributed by atoms with van der Waals surface area (Å²) in [6.45, 7) is 0.985. The number of carbonyl (C=O) groups excluding carboxylic acids is 1. The highest BCUT2D eigenvalue weighted by molar-refractivity contribution is 7.89. The van der Waals surface area contributed by atoms with Crippen LogP contribution >= 0.6 is 0 Å². The van der Waals surface area contributed by atoms with E-state index in [-0.39, 0.29) is 17.3 Å². The van der Waals surface area contributed by atoms with Gasteiger partial charge < -0.3 is 9.47 Å². The molecule has 0 saturated carbocycles. The third kappa shape index (κ3) is 5.75. The molecule has 32 heavy (non-hydrogen) atoms. The molecule has 168 valence electrons. The topological polar surface area (TPSA) is 96.7 Å². The van der Waals surface area contributed by atoms with Crippen molar-refractivity contribution in [2.24, 2.45) is 0 Å². The highest BCUT2D eigenvalue weighted by atomic mass is 32.2. The normalized spacial score (nSPS) is 15.1. The SMILES string of the molecule is COc1cc(/C=C/C(=O)c2ccc(S(=O)(=O)N3CCCCCC3)cc2)ccc1OCC#N. The molecule has 0 amide bonds. The summed E-state index contributed by atoms with van der Waals surface area (Å²) in [6.07, 6.45) is 6.90. The minimum atomic E-state index is -3.54. The summed E-state index contributed by atoms with van der Waals surface area (Å²) in [5.41, 5.74) is 1.12. The average Bonchev–Trinajstić information content (AvgIpc) is 3.12. The molecule has 2 aromatic rings. The number of ketones is 1. The molecule has 1 saturated heterocycles. The first-order valence-corrected chi connectivity index (χ1v) is 11.9. The lowest BCUT2D eigenvalue weighted by atomic mass is 10.1. The van der Waals surface area contributed by atoms with Gasteiger partial charge in [0.25, 0.3) is 0 Å². The van der Waals surface area contributed by atoms with Crippen molar-refractivity contribution in [3.8, 4) is 17.6 Å². The second-order valence-corrected chi connectivity index (χ2v) is 9.34.